The highest BCUT2D eigenvalue weighted by molar-refractivity contribution is 5.52. The molecule has 0 radical (unpaired) electrons. The van der Waals surface area contributed by atoms with Gasteiger partial charge in [0.25, 0.3) is 0 Å². The molecule has 0 heterocycles. The minimum absolute atomic E-state index is 0.708. The molecule has 0 heteroatoms. The van der Waals surface area contributed by atoms with Gasteiger partial charge in [0.2, 0.25) is 0 Å². The van der Waals surface area contributed by atoms with Crippen molar-refractivity contribution in [3.05, 3.63) is 12.2 Å². The SMILES string of the molecule is C=C1C2(CC2)C2(CC2)C2(CC2)C12CC2. The third kappa shape index (κ3) is 0.392. The Balaban J connectivity index is 1.83. The van der Waals surface area contributed by atoms with Gasteiger partial charge in [-0.3, -0.25) is 0 Å². The predicted molar refractivity (Wildman–Crippen MR) is 55.8 cm³/mol. The zero-order valence-electron chi connectivity index (χ0n) is 8.86. The molecule has 0 atom stereocenters. The molecule has 0 aromatic heterocycles. The summed E-state index contributed by atoms with van der Waals surface area (Å²) in [5, 5.41) is 0. The van der Waals surface area contributed by atoms with Crippen molar-refractivity contribution < 1.29 is 0 Å². The molecule has 0 unspecified atom stereocenters. The van der Waals surface area contributed by atoms with Crippen LogP contribution in [0, 0.1) is 21.7 Å². The van der Waals surface area contributed by atoms with Crippen molar-refractivity contribution in [2.24, 2.45) is 21.7 Å². The summed E-state index contributed by atoms with van der Waals surface area (Å²) < 4.78 is 0. The molecule has 0 saturated heterocycles. The lowest BCUT2D eigenvalue weighted by atomic mass is 9.78. The van der Waals surface area contributed by atoms with Crippen LogP contribution in [0.3, 0.4) is 0 Å². The van der Waals surface area contributed by atoms with Gasteiger partial charge in [-0.15, -0.1) is 0 Å². The Morgan fingerprint density at radius 1 is 0.643 bits per heavy atom. The van der Waals surface area contributed by atoms with Gasteiger partial charge in [-0.1, -0.05) is 12.2 Å². The fourth-order valence-corrected chi connectivity index (χ4v) is 5.93. The number of hydrogen-bond donors (Lipinski definition) is 0. The lowest BCUT2D eigenvalue weighted by Gasteiger charge is -2.25. The van der Waals surface area contributed by atoms with Gasteiger partial charge >= 0.3 is 0 Å². The normalized spacial score (nSPS) is 43.9. The van der Waals surface area contributed by atoms with Crippen LogP contribution >= 0.6 is 0 Å². The zero-order chi connectivity index (χ0) is 9.23. The van der Waals surface area contributed by atoms with Gasteiger partial charge in [-0.25, -0.2) is 0 Å². The van der Waals surface area contributed by atoms with Crippen molar-refractivity contribution in [2.45, 2.75) is 51.4 Å². The van der Waals surface area contributed by atoms with Crippen molar-refractivity contribution in [1.82, 2.24) is 0 Å². The molecule has 0 nitrogen and oxygen atoms in total. The quantitative estimate of drug-likeness (QED) is 0.506. The van der Waals surface area contributed by atoms with Crippen LogP contribution in [0.15, 0.2) is 12.2 Å². The van der Waals surface area contributed by atoms with Crippen molar-refractivity contribution in [3.63, 3.8) is 0 Å². The molecular formula is C14H18. The summed E-state index contributed by atoms with van der Waals surface area (Å²) in [7, 11) is 0. The van der Waals surface area contributed by atoms with E-state index in [2.05, 4.69) is 6.58 Å². The number of allylic oxidation sites excluding steroid dienone is 1. The van der Waals surface area contributed by atoms with Crippen molar-refractivity contribution in [1.29, 1.82) is 0 Å². The molecule has 5 aliphatic carbocycles. The summed E-state index contributed by atoms with van der Waals surface area (Å²) in [4.78, 5) is 0. The zero-order valence-corrected chi connectivity index (χ0v) is 8.86. The van der Waals surface area contributed by atoms with Crippen LogP contribution in [0.1, 0.15) is 51.4 Å². The second kappa shape index (κ2) is 1.45. The largest absolute Gasteiger partial charge is 0.0987 e. The molecule has 5 saturated carbocycles. The first kappa shape index (κ1) is 7.09. The van der Waals surface area contributed by atoms with E-state index in [1.165, 1.54) is 25.7 Å². The second-order valence-corrected chi connectivity index (χ2v) is 6.81. The van der Waals surface area contributed by atoms with Crippen LogP contribution in [0.25, 0.3) is 0 Å². The minimum Gasteiger partial charge on any atom is -0.0987 e. The van der Waals surface area contributed by atoms with E-state index in [0.717, 1.165) is 10.8 Å². The summed E-state index contributed by atoms with van der Waals surface area (Å²) in [6, 6.07) is 0. The third-order valence-corrected chi connectivity index (χ3v) is 6.90. The first-order chi connectivity index (χ1) is 6.73. The Hall–Kier alpha value is -0.260. The molecule has 5 aliphatic rings. The van der Waals surface area contributed by atoms with Crippen LogP contribution in [0.5, 0.6) is 0 Å². The number of fused-ring (bicyclic) bond motifs is 3. The Morgan fingerprint density at radius 3 is 1.21 bits per heavy atom. The standard InChI is InChI=1S/C14H18/c1-10-11(2-3-11)13(6-7-13)14(8-9-14)12(10)4-5-12/h1-9H2. The molecule has 5 rings (SSSR count). The van der Waals surface area contributed by atoms with Gasteiger partial charge in [0, 0.05) is 0 Å². The molecule has 0 bridgehead atoms. The van der Waals surface area contributed by atoms with E-state index < -0.39 is 0 Å². The first-order valence-corrected chi connectivity index (χ1v) is 6.43. The highest BCUT2D eigenvalue weighted by Gasteiger charge is 2.90. The Bertz CT molecular complexity index is 335. The average molecular weight is 186 g/mol. The highest BCUT2D eigenvalue weighted by atomic mass is 14.9. The Morgan fingerprint density at radius 2 is 1.00 bits per heavy atom. The van der Waals surface area contributed by atoms with Gasteiger partial charge in [0.05, 0.1) is 0 Å². The Kier molecular flexibility index (Phi) is 0.736. The second-order valence-electron chi connectivity index (χ2n) is 6.81. The van der Waals surface area contributed by atoms with Gasteiger partial charge < -0.3 is 0 Å². The molecule has 74 valence electrons. The summed E-state index contributed by atoms with van der Waals surface area (Å²) in [5.41, 5.74) is 4.82. The van der Waals surface area contributed by atoms with E-state index in [0.29, 0.717) is 10.8 Å². The monoisotopic (exact) mass is 186 g/mol. The summed E-state index contributed by atoms with van der Waals surface area (Å²) in [5.74, 6) is 0. The molecular weight excluding hydrogens is 168 g/mol. The predicted octanol–water partition coefficient (Wildman–Crippen LogP) is 3.68. The molecule has 14 heavy (non-hydrogen) atoms. The van der Waals surface area contributed by atoms with E-state index in [4.69, 9.17) is 0 Å². The maximum atomic E-state index is 4.56. The van der Waals surface area contributed by atoms with Crippen LogP contribution in [0.2, 0.25) is 0 Å². The molecule has 0 aromatic carbocycles. The summed E-state index contributed by atoms with van der Waals surface area (Å²) in [6.07, 6.45) is 12.3. The number of hydrogen-bond acceptors (Lipinski definition) is 0. The molecule has 0 aromatic rings. The molecule has 0 N–H and O–H groups in total. The van der Waals surface area contributed by atoms with E-state index >= 15 is 0 Å². The van der Waals surface area contributed by atoms with Gasteiger partial charge in [-0.2, -0.15) is 0 Å². The summed E-state index contributed by atoms with van der Waals surface area (Å²) >= 11 is 0. The lowest BCUT2D eigenvalue weighted by Crippen LogP contribution is -2.21. The molecule has 0 aliphatic heterocycles. The minimum atomic E-state index is 0.708. The van der Waals surface area contributed by atoms with Crippen LogP contribution in [-0.4, -0.2) is 0 Å². The van der Waals surface area contributed by atoms with Crippen molar-refractivity contribution in [3.8, 4) is 0 Å². The fourth-order valence-electron chi connectivity index (χ4n) is 5.93. The molecule has 5 fully saturated rings. The van der Waals surface area contributed by atoms with E-state index in [1.807, 2.05) is 0 Å². The topological polar surface area (TPSA) is 0 Å². The highest BCUT2D eigenvalue weighted by Crippen LogP contribution is 2.99. The maximum absolute atomic E-state index is 4.56. The van der Waals surface area contributed by atoms with Gasteiger partial charge in [0.15, 0.2) is 0 Å². The third-order valence-electron chi connectivity index (χ3n) is 6.90. The van der Waals surface area contributed by atoms with E-state index in [-0.39, 0.29) is 0 Å². The van der Waals surface area contributed by atoms with Crippen LogP contribution < -0.4 is 0 Å². The average Bonchev–Trinajstić information content (AvgIpc) is 3.11. The van der Waals surface area contributed by atoms with Gasteiger partial charge in [0.1, 0.15) is 0 Å². The van der Waals surface area contributed by atoms with E-state index in [9.17, 15) is 0 Å². The fraction of sp³-hybridized carbons (Fsp3) is 0.857. The first-order valence-electron chi connectivity index (χ1n) is 6.43. The Labute approximate surface area is 85.8 Å². The number of rotatable bonds is 0. The van der Waals surface area contributed by atoms with E-state index in [1.54, 1.807) is 31.3 Å². The van der Waals surface area contributed by atoms with Crippen molar-refractivity contribution >= 4 is 0 Å². The lowest BCUT2D eigenvalue weighted by molar-refractivity contribution is 0.209. The van der Waals surface area contributed by atoms with Crippen molar-refractivity contribution in [2.75, 3.05) is 0 Å². The van der Waals surface area contributed by atoms with Crippen LogP contribution in [0.4, 0.5) is 0 Å². The molecule has 0 amide bonds. The van der Waals surface area contributed by atoms with Crippen LogP contribution in [-0.2, 0) is 0 Å². The maximum Gasteiger partial charge on any atom is -0.00224 e. The summed E-state index contributed by atoms with van der Waals surface area (Å²) in [6.45, 7) is 4.56. The smallest absolute Gasteiger partial charge is 0.00224 e. The molecule has 4 spiro atoms. The van der Waals surface area contributed by atoms with Gasteiger partial charge in [-0.05, 0) is 73.0 Å².